The van der Waals surface area contributed by atoms with Crippen molar-refractivity contribution in [2.24, 2.45) is 5.10 Å². The second kappa shape index (κ2) is 8.75. The summed E-state index contributed by atoms with van der Waals surface area (Å²) in [5.74, 6) is -1.28. The summed E-state index contributed by atoms with van der Waals surface area (Å²) in [5.41, 5.74) is 1.60. The fraction of sp³-hybridized carbons (Fsp3) is 0.118. The van der Waals surface area contributed by atoms with Gasteiger partial charge in [-0.05, 0) is 29.8 Å². The molecule has 2 amide bonds. The predicted molar refractivity (Wildman–Crippen MR) is 92.6 cm³/mol. The minimum atomic E-state index is -4.44. The van der Waals surface area contributed by atoms with E-state index < -0.39 is 35.0 Å². The molecule has 0 fully saturated rings. The van der Waals surface area contributed by atoms with Crippen LogP contribution in [0.2, 0.25) is 0 Å². The molecule has 2 rings (SSSR count). The van der Waals surface area contributed by atoms with Crippen molar-refractivity contribution in [1.29, 1.82) is 0 Å². The number of hydrazone groups is 1. The van der Waals surface area contributed by atoms with Crippen molar-refractivity contribution in [3.05, 3.63) is 75.3 Å². The van der Waals surface area contributed by atoms with Crippen LogP contribution >= 0.6 is 0 Å². The van der Waals surface area contributed by atoms with Gasteiger partial charge in [-0.2, -0.15) is 18.3 Å². The molecule has 0 radical (unpaired) electrons. The lowest BCUT2D eigenvalue weighted by atomic mass is 10.1. The Labute approximate surface area is 156 Å². The number of carbonyl (C=O) groups is 2. The molecule has 0 aliphatic rings. The maximum Gasteiger partial charge on any atom is 0.416 e. The molecule has 0 saturated heterocycles. The Morgan fingerprint density at radius 1 is 1.07 bits per heavy atom. The molecule has 146 valence electrons. The van der Waals surface area contributed by atoms with Crippen LogP contribution in [0.1, 0.15) is 21.5 Å². The van der Waals surface area contributed by atoms with E-state index in [1.54, 1.807) is 0 Å². The van der Waals surface area contributed by atoms with Gasteiger partial charge in [0.15, 0.2) is 0 Å². The standard InChI is InChI=1S/C17H13F3N4O4/c18-17(19,20)13-5-1-11(2-6-13)9-22-23-15(25)10-21-16(26)12-3-7-14(8-4-12)24(27)28/h1-9H,10H2,(H,21,26)(H,23,25)/b22-9-. The molecule has 2 aromatic rings. The Morgan fingerprint density at radius 3 is 2.21 bits per heavy atom. The molecule has 0 atom stereocenters. The normalized spacial score (nSPS) is 11.2. The molecule has 2 aromatic carbocycles. The first kappa shape index (κ1) is 20.6. The molecular weight excluding hydrogens is 381 g/mol. The van der Waals surface area contributed by atoms with Crippen molar-refractivity contribution >= 4 is 23.7 Å². The molecule has 0 bridgehead atoms. The molecule has 0 heterocycles. The number of alkyl halides is 3. The summed E-state index contributed by atoms with van der Waals surface area (Å²) in [6, 6.07) is 8.94. The van der Waals surface area contributed by atoms with E-state index >= 15 is 0 Å². The largest absolute Gasteiger partial charge is 0.416 e. The predicted octanol–water partition coefficient (Wildman–Crippen LogP) is 2.49. The lowest BCUT2D eigenvalue weighted by molar-refractivity contribution is -0.384. The van der Waals surface area contributed by atoms with E-state index in [1.165, 1.54) is 24.3 Å². The van der Waals surface area contributed by atoms with Crippen LogP contribution in [0.15, 0.2) is 53.6 Å². The number of nitrogens with zero attached hydrogens (tertiary/aromatic N) is 2. The Morgan fingerprint density at radius 2 is 1.68 bits per heavy atom. The van der Waals surface area contributed by atoms with Crippen molar-refractivity contribution in [3.63, 3.8) is 0 Å². The van der Waals surface area contributed by atoms with Crippen LogP contribution in [0, 0.1) is 10.1 Å². The van der Waals surface area contributed by atoms with Crippen molar-refractivity contribution in [1.82, 2.24) is 10.7 Å². The lowest BCUT2D eigenvalue weighted by Gasteiger charge is -2.06. The molecule has 0 aromatic heterocycles. The molecule has 28 heavy (non-hydrogen) atoms. The summed E-state index contributed by atoms with van der Waals surface area (Å²) >= 11 is 0. The highest BCUT2D eigenvalue weighted by molar-refractivity contribution is 5.96. The van der Waals surface area contributed by atoms with Gasteiger partial charge in [-0.15, -0.1) is 0 Å². The maximum absolute atomic E-state index is 12.5. The van der Waals surface area contributed by atoms with Crippen LogP contribution in [0.25, 0.3) is 0 Å². The van der Waals surface area contributed by atoms with Crippen molar-refractivity contribution in [3.8, 4) is 0 Å². The highest BCUT2D eigenvalue weighted by Gasteiger charge is 2.29. The number of hydrogen-bond donors (Lipinski definition) is 2. The SMILES string of the molecule is O=C(CNC(=O)c1ccc([N+](=O)[O-])cc1)N/N=C\c1ccc(C(F)(F)F)cc1. The third kappa shape index (κ3) is 5.90. The summed E-state index contributed by atoms with van der Waals surface area (Å²) in [5, 5.41) is 16.4. The topological polar surface area (TPSA) is 114 Å². The molecule has 2 N–H and O–H groups in total. The zero-order valence-electron chi connectivity index (χ0n) is 14.1. The highest BCUT2D eigenvalue weighted by Crippen LogP contribution is 2.28. The number of nitro groups is 1. The fourth-order valence-corrected chi connectivity index (χ4v) is 1.97. The maximum atomic E-state index is 12.5. The lowest BCUT2D eigenvalue weighted by Crippen LogP contribution is -2.34. The number of nitrogens with one attached hydrogen (secondary N) is 2. The smallest absolute Gasteiger partial charge is 0.343 e. The molecule has 0 spiro atoms. The number of non-ortho nitro benzene ring substituents is 1. The number of halogens is 3. The Kier molecular flexibility index (Phi) is 6.42. The van der Waals surface area contributed by atoms with Gasteiger partial charge in [-0.1, -0.05) is 12.1 Å². The fourth-order valence-electron chi connectivity index (χ4n) is 1.97. The molecule has 0 aliphatic carbocycles. The van der Waals surface area contributed by atoms with Gasteiger partial charge in [0.25, 0.3) is 17.5 Å². The average Bonchev–Trinajstić information content (AvgIpc) is 2.66. The second-order valence-electron chi connectivity index (χ2n) is 5.40. The first-order valence-corrected chi connectivity index (χ1v) is 7.68. The van der Waals surface area contributed by atoms with Gasteiger partial charge in [0.1, 0.15) is 0 Å². The van der Waals surface area contributed by atoms with Crippen LogP contribution in [0.4, 0.5) is 18.9 Å². The van der Waals surface area contributed by atoms with Crippen LogP contribution in [0.3, 0.4) is 0 Å². The van der Waals surface area contributed by atoms with Crippen LogP contribution in [-0.2, 0) is 11.0 Å². The number of hydrogen-bond acceptors (Lipinski definition) is 5. The summed E-state index contributed by atoms with van der Waals surface area (Å²) in [4.78, 5) is 33.4. The molecule has 0 saturated carbocycles. The molecule has 0 aliphatic heterocycles. The molecule has 8 nitrogen and oxygen atoms in total. The van der Waals surface area contributed by atoms with Crippen LogP contribution < -0.4 is 10.7 Å². The molecule has 11 heteroatoms. The Hall–Kier alpha value is -3.76. The van der Waals surface area contributed by atoms with Crippen molar-refractivity contribution in [2.75, 3.05) is 6.54 Å². The van der Waals surface area contributed by atoms with Gasteiger partial charge in [-0.25, -0.2) is 5.43 Å². The van der Waals surface area contributed by atoms with E-state index in [0.717, 1.165) is 30.5 Å². The van der Waals surface area contributed by atoms with Gasteiger partial charge in [0.2, 0.25) is 0 Å². The number of amides is 2. The Bertz CT molecular complexity index is 894. The summed E-state index contributed by atoms with van der Waals surface area (Å²) in [7, 11) is 0. The van der Waals surface area contributed by atoms with E-state index in [9.17, 15) is 32.9 Å². The average molecular weight is 394 g/mol. The minimum Gasteiger partial charge on any atom is -0.343 e. The van der Waals surface area contributed by atoms with Gasteiger partial charge < -0.3 is 5.32 Å². The molecule has 0 unspecified atom stereocenters. The number of nitro benzene ring substituents is 1. The van der Waals surface area contributed by atoms with Gasteiger partial charge in [-0.3, -0.25) is 19.7 Å². The van der Waals surface area contributed by atoms with E-state index in [4.69, 9.17) is 0 Å². The van der Waals surface area contributed by atoms with E-state index in [1.807, 2.05) is 0 Å². The number of carbonyl (C=O) groups excluding carboxylic acids is 2. The minimum absolute atomic E-state index is 0.131. The van der Waals surface area contributed by atoms with E-state index in [-0.39, 0.29) is 11.3 Å². The quantitative estimate of drug-likeness (QED) is 0.445. The number of rotatable bonds is 6. The van der Waals surface area contributed by atoms with Gasteiger partial charge >= 0.3 is 6.18 Å². The Balaban J connectivity index is 1.81. The zero-order chi connectivity index (χ0) is 20.7. The second-order valence-corrected chi connectivity index (χ2v) is 5.40. The monoisotopic (exact) mass is 394 g/mol. The van der Waals surface area contributed by atoms with Crippen molar-refractivity contribution < 1.29 is 27.7 Å². The zero-order valence-corrected chi connectivity index (χ0v) is 14.1. The highest BCUT2D eigenvalue weighted by atomic mass is 19.4. The molecular formula is C17H13F3N4O4. The van der Waals surface area contributed by atoms with E-state index in [0.29, 0.717) is 5.56 Å². The third-order valence-electron chi connectivity index (χ3n) is 3.39. The van der Waals surface area contributed by atoms with Crippen LogP contribution in [0.5, 0.6) is 0 Å². The third-order valence-corrected chi connectivity index (χ3v) is 3.39. The van der Waals surface area contributed by atoms with Crippen molar-refractivity contribution in [2.45, 2.75) is 6.18 Å². The van der Waals surface area contributed by atoms with Gasteiger partial charge in [0, 0.05) is 17.7 Å². The first-order chi connectivity index (χ1) is 13.2. The van der Waals surface area contributed by atoms with Gasteiger partial charge in [0.05, 0.1) is 23.2 Å². The summed E-state index contributed by atoms with van der Waals surface area (Å²) < 4.78 is 37.4. The number of benzene rings is 2. The van der Waals surface area contributed by atoms with E-state index in [2.05, 4.69) is 15.8 Å². The first-order valence-electron chi connectivity index (χ1n) is 7.68. The summed E-state index contributed by atoms with van der Waals surface area (Å²) in [6.45, 7) is -0.416. The van der Waals surface area contributed by atoms with Crippen LogP contribution in [-0.4, -0.2) is 29.5 Å². The summed E-state index contributed by atoms with van der Waals surface area (Å²) in [6.07, 6.45) is -3.29.